The minimum atomic E-state index is 0.0625. The van der Waals surface area contributed by atoms with Crippen LogP contribution in [0.1, 0.15) is 19.3 Å². The molecule has 0 aromatic carbocycles. The Morgan fingerprint density at radius 1 is 0.621 bits per heavy atom. The summed E-state index contributed by atoms with van der Waals surface area (Å²) in [6.07, 6.45) is 3.93. The Labute approximate surface area is 194 Å². The molecule has 160 valence electrons. The lowest BCUT2D eigenvalue weighted by Crippen LogP contribution is -2.36. The van der Waals surface area contributed by atoms with Crippen LogP contribution in [0.4, 0.5) is 5.82 Å². The van der Waals surface area contributed by atoms with Gasteiger partial charge in [-0.2, -0.15) is 0 Å². The summed E-state index contributed by atoms with van der Waals surface area (Å²) in [5.41, 5.74) is 0. The fraction of sp³-hybridized carbons (Fsp3) is 0.529. The van der Waals surface area contributed by atoms with E-state index in [1.807, 2.05) is 0 Å². The van der Waals surface area contributed by atoms with E-state index in [0.717, 1.165) is 32.1 Å². The molecule has 0 bridgehead atoms. The zero-order valence-corrected chi connectivity index (χ0v) is 19.2. The third-order valence-electron chi connectivity index (χ3n) is 3.70. The van der Waals surface area contributed by atoms with Crippen LogP contribution in [0.15, 0.2) is 12.1 Å². The Morgan fingerprint density at radius 3 is 1.52 bits per heavy atom. The molecule has 0 atom stereocenters. The van der Waals surface area contributed by atoms with Crippen LogP contribution >= 0.6 is 58.0 Å². The number of hydrogen-bond acceptors (Lipinski definition) is 7. The number of aromatic nitrogens is 4. The summed E-state index contributed by atoms with van der Waals surface area (Å²) in [4.78, 5) is 17.1. The Morgan fingerprint density at radius 2 is 1.10 bits per heavy atom. The number of ether oxygens (including phenoxy) is 2. The number of nitrogens with zero attached hydrogens (tertiary/aromatic N) is 5. The zero-order valence-electron chi connectivity index (χ0n) is 15.5. The lowest BCUT2D eigenvalue weighted by atomic mass is 10.2. The molecule has 2 aromatic heterocycles. The monoisotopic (exact) mass is 501 g/mol. The van der Waals surface area contributed by atoms with Crippen molar-refractivity contribution in [2.24, 2.45) is 0 Å². The summed E-state index contributed by atoms with van der Waals surface area (Å²) in [5, 5.41) is 1.11. The molecule has 0 saturated carbocycles. The maximum Gasteiger partial charge on any atom is 0.225 e. The Kier molecular flexibility index (Phi) is 11.5. The molecular weight excluding hydrogens is 483 g/mol. The minimum Gasteiger partial charge on any atom is -0.381 e. The van der Waals surface area contributed by atoms with Gasteiger partial charge in [0.1, 0.15) is 21.3 Å². The Balaban J connectivity index is 0.000000171. The van der Waals surface area contributed by atoms with Crippen molar-refractivity contribution in [3.05, 3.63) is 38.2 Å². The number of anilines is 1. The number of hydrogen-bond donors (Lipinski definition) is 0. The second-order valence-electron chi connectivity index (χ2n) is 5.87. The highest BCUT2D eigenvalue weighted by Crippen LogP contribution is 2.19. The molecule has 2 aliphatic rings. The van der Waals surface area contributed by atoms with Crippen molar-refractivity contribution in [2.75, 3.05) is 44.4 Å². The second-order valence-corrected chi connectivity index (χ2v) is 7.71. The SMILES string of the molecule is C1CCOCC1.Clc1cc(Cl)nc(Cl)n1.Clc1cc(N2CCOCC2)nc(Cl)n1. The van der Waals surface area contributed by atoms with Gasteiger partial charge in [-0.1, -0.05) is 34.8 Å². The Bertz CT molecular complexity index is 679. The van der Waals surface area contributed by atoms with Gasteiger partial charge >= 0.3 is 0 Å². The highest BCUT2D eigenvalue weighted by molar-refractivity contribution is 6.35. The van der Waals surface area contributed by atoms with Gasteiger partial charge in [-0.25, -0.2) is 19.9 Å². The second kappa shape index (κ2) is 13.6. The van der Waals surface area contributed by atoms with Crippen LogP contribution < -0.4 is 4.90 Å². The van der Waals surface area contributed by atoms with Crippen LogP contribution in [0.3, 0.4) is 0 Å². The van der Waals surface area contributed by atoms with E-state index in [0.29, 0.717) is 18.4 Å². The molecule has 0 N–H and O–H groups in total. The van der Waals surface area contributed by atoms with E-state index in [2.05, 4.69) is 24.8 Å². The average molecular weight is 504 g/mol. The predicted octanol–water partition coefficient (Wildman–Crippen LogP) is 5.24. The lowest BCUT2D eigenvalue weighted by molar-refractivity contribution is 0.0968. The van der Waals surface area contributed by atoms with Crippen LogP contribution in [0, 0.1) is 0 Å². The fourth-order valence-electron chi connectivity index (χ4n) is 2.38. The lowest BCUT2D eigenvalue weighted by Gasteiger charge is -2.27. The molecule has 2 fully saturated rings. The highest BCUT2D eigenvalue weighted by Gasteiger charge is 2.13. The minimum absolute atomic E-state index is 0.0625. The fourth-order valence-corrected chi connectivity index (χ4v) is 3.47. The molecule has 4 rings (SSSR count). The summed E-state index contributed by atoms with van der Waals surface area (Å²) in [5.74, 6) is 0.762. The molecule has 0 spiro atoms. The maximum atomic E-state index is 5.78. The first kappa shape index (κ1) is 24.6. The van der Waals surface area contributed by atoms with Crippen LogP contribution in [-0.4, -0.2) is 59.5 Å². The molecule has 2 aromatic rings. The first-order valence-corrected chi connectivity index (χ1v) is 10.8. The van der Waals surface area contributed by atoms with Crippen molar-refractivity contribution in [3.63, 3.8) is 0 Å². The molecule has 0 amide bonds. The van der Waals surface area contributed by atoms with Gasteiger partial charge in [0.15, 0.2) is 0 Å². The van der Waals surface area contributed by atoms with E-state index in [1.54, 1.807) is 6.07 Å². The van der Waals surface area contributed by atoms with Crippen molar-refractivity contribution in [1.82, 2.24) is 19.9 Å². The topological polar surface area (TPSA) is 73.3 Å². The summed E-state index contributed by atoms with van der Waals surface area (Å²) in [6.45, 7) is 5.03. The first-order chi connectivity index (χ1) is 13.9. The summed E-state index contributed by atoms with van der Waals surface area (Å²) in [7, 11) is 0. The number of halogens is 5. The molecule has 12 heteroatoms. The first-order valence-electron chi connectivity index (χ1n) is 8.90. The standard InChI is InChI=1S/C8H9Cl2N3O.C5H10O.C4HCl3N2/c9-6-5-7(12-8(10)11-6)13-1-3-14-4-2-13;1-2-4-6-5-3-1;5-2-1-3(6)9-4(7)8-2/h5H,1-4H2;1-5H2;1H. The highest BCUT2D eigenvalue weighted by atomic mass is 35.5. The third-order valence-corrected chi connectivity index (χ3v) is 4.62. The van der Waals surface area contributed by atoms with Gasteiger partial charge in [-0.15, -0.1) is 0 Å². The van der Waals surface area contributed by atoms with Crippen molar-refractivity contribution >= 4 is 63.8 Å². The summed E-state index contributed by atoms with van der Waals surface area (Å²) < 4.78 is 10.3. The predicted molar refractivity (Wildman–Crippen MR) is 117 cm³/mol. The largest absolute Gasteiger partial charge is 0.381 e. The third kappa shape index (κ3) is 10.3. The summed E-state index contributed by atoms with van der Waals surface area (Å²) in [6, 6.07) is 3.12. The van der Waals surface area contributed by atoms with Crippen LogP contribution in [0.5, 0.6) is 0 Å². The van der Waals surface area contributed by atoms with Gasteiger partial charge < -0.3 is 14.4 Å². The molecule has 2 saturated heterocycles. The average Bonchev–Trinajstić information content (AvgIpc) is 2.69. The van der Waals surface area contributed by atoms with Crippen molar-refractivity contribution in [3.8, 4) is 0 Å². The van der Waals surface area contributed by atoms with E-state index >= 15 is 0 Å². The van der Waals surface area contributed by atoms with Gasteiger partial charge in [0.05, 0.1) is 13.2 Å². The van der Waals surface area contributed by atoms with Gasteiger partial charge in [-0.3, -0.25) is 0 Å². The van der Waals surface area contributed by atoms with E-state index in [-0.39, 0.29) is 20.9 Å². The molecule has 0 radical (unpaired) electrons. The van der Waals surface area contributed by atoms with Crippen molar-refractivity contribution in [1.29, 1.82) is 0 Å². The van der Waals surface area contributed by atoms with Gasteiger partial charge in [0.2, 0.25) is 10.6 Å². The van der Waals surface area contributed by atoms with Gasteiger partial charge in [0.25, 0.3) is 0 Å². The van der Waals surface area contributed by atoms with Crippen LogP contribution in [-0.2, 0) is 9.47 Å². The molecule has 0 aliphatic carbocycles. The van der Waals surface area contributed by atoms with Crippen LogP contribution in [0.2, 0.25) is 26.0 Å². The quantitative estimate of drug-likeness (QED) is 0.389. The number of rotatable bonds is 1. The van der Waals surface area contributed by atoms with E-state index < -0.39 is 0 Å². The summed E-state index contributed by atoms with van der Waals surface area (Å²) >= 11 is 27.7. The zero-order chi connectivity index (χ0) is 21.1. The normalized spacial score (nSPS) is 16.2. The number of morpholine rings is 1. The van der Waals surface area contributed by atoms with Crippen molar-refractivity contribution < 1.29 is 9.47 Å². The van der Waals surface area contributed by atoms with E-state index in [1.165, 1.54) is 25.3 Å². The molecule has 29 heavy (non-hydrogen) atoms. The van der Waals surface area contributed by atoms with E-state index in [4.69, 9.17) is 67.5 Å². The molecule has 4 heterocycles. The van der Waals surface area contributed by atoms with Gasteiger partial charge in [0, 0.05) is 38.4 Å². The smallest absolute Gasteiger partial charge is 0.225 e. The molecule has 0 unspecified atom stereocenters. The molecule has 7 nitrogen and oxygen atoms in total. The Hall–Kier alpha value is -0.670. The maximum absolute atomic E-state index is 5.78. The molecular formula is C17H20Cl5N5O2. The van der Waals surface area contributed by atoms with Gasteiger partial charge in [-0.05, 0) is 42.5 Å². The van der Waals surface area contributed by atoms with Crippen LogP contribution in [0.25, 0.3) is 0 Å². The van der Waals surface area contributed by atoms with Crippen molar-refractivity contribution in [2.45, 2.75) is 19.3 Å². The van der Waals surface area contributed by atoms with E-state index in [9.17, 15) is 0 Å². The molecule has 2 aliphatic heterocycles.